The highest BCUT2D eigenvalue weighted by molar-refractivity contribution is 9.10. The monoisotopic (exact) mass is 342 g/mol. The fourth-order valence-corrected chi connectivity index (χ4v) is 2.77. The number of anilines is 1. The Labute approximate surface area is 127 Å². The lowest BCUT2D eigenvalue weighted by atomic mass is 9.74. The van der Waals surface area contributed by atoms with Gasteiger partial charge in [-0.15, -0.1) is 0 Å². The number of rotatable bonds is 3. The maximum Gasteiger partial charge on any atom is 0.230 e. The molecule has 1 aromatic carbocycles. The molecule has 0 aliphatic carbocycles. The summed E-state index contributed by atoms with van der Waals surface area (Å²) in [7, 11) is 0. The van der Waals surface area contributed by atoms with Crippen LogP contribution in [-0.4, -0.2) is 19.0 Å². The summed E-state index contributed by atoms with van der Waals surface area (Å²) in [6, 6.07) is 4.62. The van der Waals surface area contributed by atoms with Crippen molar-refractivity contribution in [2.24, 2.45) is 11.3 Å². The van der Waals surface area contributed by atoms with E-state index in [0.29, 0.717) is 16.1 Å². The van der Waals surface area contributed by atoms with Gasteiger partial charge in [0.15, 0.2) is 0 Å². The van der Waals surface area contributed by atoms with E-state index >= 15 is 0 Å². The molecule has 0 aromatic heterocycles. The van der Waals surface area contributed by atoms with E-state index < -0.39 is 5.41 Å². The summed E-state index contributed by atoms with van der Waals surface area (Å²) in [5.41, 5.74) is 0.0179. The predicted molar refractivity (Wildman–Crippen MR) is 82.1 cm³/mol. The van der Waals surface area contributed by atoms with E-state index in [1.807, 2.05) is 13.8 Å². The zero-order valence-corrected chi connectivity index (χ0v) is 13.4. The fraction of sp³-hybridized carbons (Fsp3) is 0.533. The fourth-order valence-electron chi connectivity index (χ4n) is 2.52. The maximum atomic E-state index is 13.5. The smallest absolute Gasteiger partial charge is 0.230 e. The zero-order chi connectivity index (χ0) is 14.8. The van der Waals surface area contributed by atoms with Crippen LogP contribution in [0.4, 0.5) is 10.1 Å². The van der Waals surface area contributed by atoms with Gasteiger partial charge in [0.1, 0.15) is 5.82 Å². The third-order valence-electron chi connectivity index (χ3n) is 4.08. The van der Waals surface area contributed by atoms with Crippen LogP contribution in [-0.2, 0) is 4.79 Å². The number of piperidine rings is 1. The molecule has 20 heavy (non-hydrogen) atoms. The second-order valence-corrected chi connectivity index (χ2v) is 6.70. The summed E-state index contributed by atoms with van der Waals surface area (Å²) >= 11 is 3.10. The first-order valence-corrected chi connectivity index (χ1v) is 7.68. The number of amides is 1. The van der Waals surface area contributed by atoms with Gasteiger partial charge in [-0.25, -0.2) is 4.39 Å². The topological polar surface area (TPSA) is 41.1 Å². The van der Waals surface area contributed by atoms with Crippen LogP contribution in [0.25, 0.3) is 0 Å². The Hall–Kier alpha value is -0.940. The molecule has 1 unspecified atom stereocenters. The van der Waals surface area contributed by atoms with Crippen molar-refractivity contribution in [1.29, 1.82) is 0 Å². The van der Waals surface area contributed by atoms with E-state index in [-0.39, 0.29) is 11.7 Å². The van der Waals surface area contributed by atoms with Gasteiger partial charge in [-0.3, -0.25) is 4.79 Å². The summed E-state index contributed by atoms with van der Waals surface area (Å²) in [4.78, 5) is 12.5. The van der Waals surface area contributed by atoms with E-state index in [1.165, 1.54) is 6.07 Å². The van der Waals surface area contributed by atoms with Gasteiger partial charge in [-0.1, -0.05) is 13.8 Å². The Morgan fingerprint density at radius 3 is 2.85 bits per heavy atom. The number of halogens is 2. The molecule has 1 heterocycles. The minimum absolute atomic E-state index is 0.0621. The highest BCUT2D eigenvalue weighted by atomic mass is 79.9. The third kappa shape index (κ3) is 3.38. The van der Waals surface area contributed by atoms with Crippen molar-refractivity contribution in [3.8, 4) is 0 Å². The molecule has 5 heteroatoms. The van der Waals surface area contributed by atoms with Crippen molar-refractivity contribution >= 4 is 27.5 Å². The van der Waals surface area contributed by atoms with Crippen LogP contribution < -0.4 is 10.6 Å². The van der Waals surface area contributed by atoms with Gasteiger partial charge >= 0.3 is 0 Å². The van der Waals surface area contributed by atoms with E-state index in [0.717, 1.165) is 25.9 Å². The Morgan fingerprint density at radius 2 is 2.25 bits per heavy atom. The van der Waals surface area contributed by atoms with Crippen LogP contribution >= 0.6 is 15.9 Å². The van der Waals surface area contributed by atoms with Gasteiger partial charge in [-0.2, -0.15) is 0 Å². The van der Waals surface area contributed by atoms with Crippen molar-refractivity contribution < 1.29 is 9.18 Å². The molecule has 1 aliphatic heterocycles. The second-order valence-electron chi connectivity index (χ2n) is 5.85. The van der Waals surface area contributed by atoms with Gasteiger partial charge < -0.3 is 10.6 Å². The van der Waals surface area contributed by atoms with Crippen molar-refractivity contribution in [2.75, 3.05) is 18.4 Å². The lowest BCUT2D eigenvalue weighted by Gasteiger charge is -2.36. The van der Waals surface area contributed by atoms with Crippen LogP contribution in [0.2, 0.25) is 0 Å². The molecule has 0 spiro atoms. The molecule has 1 amide bonds. The maximum absolute atomic E-state index is 13.5. The number of carbonyl (C=O) groups is 1. The first-order chi connectivity index (χ1) is 9.41. The van der Waals surface area contributed by atoms with E-state index in [2.05, 4.69) is 26.6 Å². The van der Waals surface area contributed by atoms with Crippen molar-refractivity contribution in [1.82, 2.24) is 5.32 Å². The molecule has 1 aliphatic rings. The molecular weight excluding hydrogens is 323 g/mol. The van der Waals surface area contributed by atoms with Gasteiger partial charge in [0.25, 0.3) is 0 Å². The van der Waals surface area contributed by atoms with Crippen LogP contribution in [0.5, 0.6) is 0 Å². The minimum Gasteiger partial charge on any atom is -0.326 e. The van der Waals surface area contributed by atoms with Crippen molar-refractivity contribution in [2.45, 2.75) is 26.7 Å². The number of hydrogen-bond donors (Lipinski definition) is 2. The molecule has 0 saturated carbocycles. The number of nitrogens with one attached hydrogen (secondary N) is 2. The molecule has 2 rings (SSSR count). The average Bonchev–Trinajstić information content (AvgIpc) is 2.44. The minimum atomic E-state index is -0.475. The Morgan fingerprint density at radius 1 is 1.50 bits per heavy atom. The molecule has 0 bridgehead atoms. The van der Waals surface area contributed by atoms with Crippen LogP contribution in [0.1, 0.15) is 26.7 Å². The Kier molecular flexibility index (Phi) is 4.81. The average molecular weight is 343 g/mol. The third-order valence-corrected chi connectivity index (χ3v) is 4.72. The summed E-state index contributed by atoms with van der Waals surface area (Å²) in [6.07, 6.45) is 2.14. The molecule has 110 valence electrons. The van der Waals surface area contributed by atoms with E-state index in [9.17, 15) is 9.18 Å². The van der Waals surface area contributed by atoms with Crippen LogP contribution in [0, 0.1) is 17.2 Å². The van der Waals surface area contributed by atoms with Crippen molar-refractivity contribution in [3.63, 3.8) is 0 Å². The van der Waals surface area contributed by atoms with Crippen LogP contribution in [0.15, 0.2) is 22.7 Å². The summed E-state index contributed by atoms with van der Waals surface area (Å²) in [6.45, 7) is 5.78. The van der Waals surface area contributed by atoms with Crippen LogP contribution in [0.3, 0.4) is 0 Å². The number of benzene rings is 1. The first-order valence-electron chi connectivity index (χ1n) is 6.88. The molecule has 1 aromatic rings. The Bertz CT molecular complexity index is 499. The molecule has 1 atom stereocenters. The Balaban J connectivity index is 2.07. The summed E-state index contributed by atoms with van der Waals surface area (Å²) in [5, 5.41) is 6.15. The summed E-state index contributed by atoms with van der Waals surface area (Å²) < 4.78 is 13.9. The molecule has 3 nitrogen and oxygen atoms in total. The number of hydrogen-bond acceptors (Lipinski definition) is 2. The van der Waals surface area contributed by atoms with Gasteiger partial charge in [-0.05, 0) is 66.0 Å². The van der Waals surface area contributed by atoms with E-state index in [1.54, 1.807) is 12.1 Å². The molecule has 1 fully saturated rings. The second kappa shape index (κ2) is 6.22. The van der Waals surface area contributed by atoms with Crippen molar-refractivity contribution in [3.05, 3.63) is 28.5 Å². The normalized spacial score (nSPS) is 19.7. The highest BCUT2D eigenvalue weighted by Crippen LogP contribution is 2.33. The summed E-state index contributed by atoms with van der Waals surface area (Å²) in [5.74, 6) is -0.135. The molecule has 1 saturated heterocycles. The SMILES string of the molecule is CC(C)(C(=O)Nc1ccc(Br)c(F)c1)C1CCCNC1. The molecule has 0 radical (unpaired) electrons. The van der Waals surface area contributed by atoms with Gasteiger partial charge in [0.2, 0.25) is 5.91 Å². The zero-order valence-electron chi connectivity index (χ0n) is 11.8. The molecular formula is C15H20BrFN2O. The van der Waals surface area contributed by atoms with Gasteiger partial charge in [0.05, 0.1) is 4.47 Å². The first kappa shape index (κ1) is 15.4. The lowest BCUT2D eigenvalue weighted by Crippen LogP contribution is -2.44. The molecule has 2 N–H and O–H groups in total. The quantitative estimate of drug-likeness (QED) is 0.881. The van der Waals surface area contributed by atoms with E-state index in [4.69, 9.17) is 0 Å². The highest BCUT2D eigenvalue weighted by Gasteiger charge is 2.37. The largest absolute Gasteiger partial charge is 0.326 e. The number of carbonyl (C=O) groups excluding carboxylic acids is 1. The standard InChI is InChI=1S/C15H20BrFN2O/c1-15(2,10-4-3-7-18-9-10)14(20)19-11-5-6-12(16)13(17)8-11/h5-6,8,10,18H,3-4,7,9H2,1-2H3,(H,19,20). The lowest BCUT2D eigenvalue weighted by molar-refractivity contribution is -0.127. The van der Waals surface area contributed by atoms with Gasteiger partial charge in [0, 0.05) is 11.1 Å². The predicted octanol–water partition coefficient (Wildman–Crippen LogP) is 3.55.